The third-order valence-corrected chi connectivity index (χ3v) is 2.10. The van der Waals surface area contributed by atoms with Gasteiger partial charge in [0.05, 0.1) is 6.61 Å². The maximum absolute atomic E-state index is 11.2. The van der Waals surface area contributed by atoms with E-state index in [-0.39, 0.29) is 37.5 Å². The van der Waals surface area contributed by atoms with Crippen LogP contribution >= 0.6 is 0 Å². The third kappa shape index (κ3) is 1.17. The second kappa shape index (κ2) is 2.77. The summed E-state index contributed by atoms with van der Waals surface area (Å²) in [6.07, 6.45) is -0.765. The van der Waals surface area contributed by atoms with Crippen molar-refractivity contribution in [1.82, 2.24) is 20.9 Å². The fourth-order valence-electron chi connectivity index (χ4n) is 1.54. The average Bonchev–Trinajstić information content (AvgIpc) is 2.52. The molecular formula is C6H10N4O3. The highest BCUT2D eigenvalue weighted by Crippen LogP contribution is 2.12. The van der Waals surface area contributed by atoms with Gasteiger partial charge >= 0.3 is 12.1 Å². The Morgan fingerprint density at radius 2 is 2.08 bits per heavy atom. The van der Waals surface area contributed by atoms with Crippen LogP contribution in [0, 0.1) is 0 Å². The van der Waals surface area contributed by atoms with Gasteiger partial charge in [0.2, 0.25) is 0 Å². The van der Waals surface area contributed by atoms with Gasteiger partial charge in [-0.3, -0.25) is 4.90 Å². The van der Waals surface area contributed by atoms with Gasteiger partial charge < -0.3 is 21.1 Å². The number of urea groups is 2. The van der Waals surface area contributed by atoms with Crippen LogP contribution in [0.2, 0.25) is 0 Å². The second-order valence-electron chi connectivity index (χ2n) is 2.91. The van der Waals surface area contributed by atoms with E-state index < -0.39 is 0 Å². The standard InChI is InChI=1S/C6H10N4O3/c11-2-1-10-4-3(8-6(10)13)7-5(12)9-4/h3-4,11H,1-2H2,(H,8,13)(H2,7,9,12). The molecule has 4 amide bonds. The molecule has 2 heterocycles. The van der Waals surface area contributed by atoms with Gasteiger partial charge in [0.25, 0.3) is 0 Å². The summed E-state index contributed by atoms with van der Waals surface area (Å²) in [6, 6.07) is -0.588. The summed E-state index contributed by atoms with van der Waals surface area (Å²) in [4.78, 5) is 23.4. The predicted molar refractivity (Wildman–Crippen MR) is 41.6 cm³/mol. The molecule has 0 radical (unpaired) electrons. The van der Waals surface area contributed by atoms with Crippen molar-refractivity contribution in [2.75, 3.05) is 13.2 Å². The number of carbonyl (C=O) groups is 2. The molecule has 2 fully saturated rings. The monoisotopic (exact) mass is 186 g/mol. The Hall–Kier alpha value is -1.50. The van der Waals surface area contributed by atoms with E-state index in [1.807, 2.05) is 0 Å². The normalized spacial score (nSPS) is 31.0. The van der Waals surface area contributed by atoms with E-state index in [0.29, 0.717) is 0 Å². The van der Waals surface area contributed by atoms with E-state index in [4.69, 9.17) is 5.11 Å². The molecule has 7 nitrogen and oxygen atoms in total. The smallest absolute Gasteiger partial charge is 0.320 e. The number of fused-ring (bicyclic) bond motifs is 1. The Bertz CT molecular complexity index is 256. The minimum absolute atomic E-state index is 0.119. The number of carbonyl (C=O) groups excluding carboxylic acids is 2. The summed E-state index contributed by atoms with van der Waals surface area (Å²) >= 11 is 0. The van der Waals surface area contributed by atoms with E-state index >= 15 is 0 Å². The molecule has 2 aliphatic rings. The largest absolute Gasteiger partial charge is 0.395 e. The molecule has 4 N–H and O–H groups in total. The molecule has 2 aliphatic heterocycles. The topological polar surface area (TPSA) is 93.7 Å². The maximum atomic E-state index is 11.2. The van der Waals surface area contributed by atoms with Crippen molar-refractivity contribution in [1.29, 1.82) is 0 Å². The molecular weight excluding hydrogens is 176 g/mol. The summed E-state index contributed by atoms with van der Waals surface area (Å²) in [7, 11) is 0. The number of amides is 4. The van der Waals surface area contributed by atoms with Crippen LogP contribution in [0.1, 0.15) is 0 Å². The number of rotatable bonds is 2. The van der Waals surface area contributed by atoms with Gasteiger partial charge in [-0.05, 0) is 0 Å². The summed E-state index contributed by atoms with van der Waals surface area (Å²) in [6.45, 7) is 0.0987. The van der Waals surface area contributed by atoms with Crippen molar-refractivity contribution in [3.8, 4) is 0 Å². The van der Waals surface area contributed by atoms with E-state index in [1.165, 1.54) is 4.90 Å². The van der Waals surface area contributed by atoms with E-state index in [1.54, 1.807) is 0 Å². The number of aliphatic hydroxyl groups excluding tert-OH is 1. The molecule has 0 spiro atoms. The Kier molecular flexibility index (Phi) is 1.73. The van der Waals surface area contributed by atoms with E-state index in [0.717, 1.165) is 0 Å². The Balaban J connectivity index is 2.10. The van der Waals surface area contributed by atoms with Crippen LogP contribution in [-0.2, 0) is 0 Å². The SMILES string of the molecule is O=C1NC2NC(=O)N(CCO)C2N1. The van der Waals surface area contributed by atoms with Gasteiger partial charge in [0.1, 0.15) is 12.3 Å². The summed E-state index contributed by atoms with van der Waals surface area (Å²) in [5, 5.41) is 16.3. The molecule has 7 heteroatoms. The molecule has 2 saturated heterocycles. The third-order valence-electron chi connectivity index (χ3n) is 2.10. The van der Waals surface area contributed by atoms with Gasteiger partial charge in [-0.25, -0.2) is 9.59 Å². The molecule has 72 valence electrons. The van der Waals surface area contributed by atoms with Gasteiger partial charge in [-0.1, -0.05) is 0 Å². The molecule has 0 aliphatic carbocycles. The molecule has 13 heavy (non-hydrogen) atoms. The Labute approximate surface area is 74.1 Å². The van der Waals surface area contributed by atoms with Crippen LogP contribution in [0.3, 0.4) is 0 Å². The first-order chi connectivity index (χ1) is 6.22. The number of nitrogens with zero attached hydrogens (tertiary/aromatic N) is 1. The molecule has 0 aromatic rings. The highest BCUT2D eigenvalue weighted by atomic mass is 16.3. The van der Waals surface area contributed by atoms with Crippen LogP contribution in [-0.4, -0.2) is 47.6 Å². The van der Waals surface area contributed by atoms with Gasteiger partial charge in [0, 0.05) is 6.54 Å². The number of nitrogens with one attached hydrogen (secondary N) is 3. The fraction of sp³-hybridized carbons (Fsp3) is 0.667. The van der Waals surface area contributed by atoms with Crippen molar-refractivity contribution < 1.29 is 14.7 Å². The van der Waals surface area contributed by atoms with Crippen molar-refractivity contribution in [2.24, 2.45) is 0 Å². The van der Waals surface area contributed by atoms with Crippen LogP contribution in [0.4, 0.5) is 9.59 Å². The van der Waals surface area contributed by atoms with Gasteiger partial charge in [0.15, 0.2) is 0 Å². The lowest BCUT2D eigenvalue weighted by Gasteiger charge is -2.19. The number of hydrogen-bond acceptors (Lipinski definition) is 3. The zero-order valence-corrected chi connectivity index (χ0v) is 6.78. The quantitative estimate of drug-likeness (QED) is 0.400. The zero-order valence-electron chi connectivity index (χ0n) is 6.78. The molecule has 0 saturated carbocycles. The molecule has 0 aromatic heterocycles. The zero-order chi connectivity index (χ0) is 9.42. The highest BCUT2D eigenvalue weighted by Gasteiger charge is 2.44. The van der Waals surface area contributed by atoms with Crippen LogP contribution in [0.25, 0.3) is 0 Å². The minimum atomic E-state index is -0.383. The van der Waals surface area contributed by atoms with Crippen molar-refractivity contribution in [2.45, 2.75) is 12.3 Å². The lowest BCUT2D eigenvalue weighted by atomic mass is 10.4. The first-order valence-electron chi connectivity index (χ1n) is 3.97. The highest BCUT2D eigenvalue weighted by molar-refractivity contribution is 5.84. The molecule has 2 rings (SSSR count). The predicted octanol–water partition coefficient (Wildman–Crippen LogP) is -2.03. The Morgan fingerprint density at radius 1 is 1.31 bits per heavy atom. The summed E-state index contributed by atoms with van der Waals surface area (Å²) in [5.74, 6) is 0. The van der Waals surface area contributed by atoms with Gasteiger partial charge in [-0.2, -0.15) is 0 Å². The molecule has 2 atom stereocenters. The number of aliphatic hydroxyl groups is 1. The minimum Gasteiger partial charge on any atom is -0.395 e. The van der Waals surface area contributed by atoms with Crippen LogP contribution in [0.15, 0.2) is 0 Å². The molecule has 0 aromatic carbocycles. The van der Waals surface area contributed by atoms with Crippen molar-refractivity contribution >= 4 is 12.1 Å². The molecule has 2 unspecified atom stereocenters. The van der Waals surface area contributed by atoms with E-state index in [9.17, 15) is 9.59 Å². The van der Waals surface area contributed by atoms with Crippen molar-refractivity contribution in [3.05, 3.63) is 0 Å². The van der Waals surface area contributed by atoms with Crippen molar-refractivity contribution in [3.63, 3.8) is 0 Å². The number of β-amino-alcohol motifs (C(OH)–C–C–N with tert-alkyl or cyclic N) is 1. The average molecular weight is 186 g/mol. The first-order valence-corrected chi connectivity index (χ1v) is 3.97. The molecule has 0 bridgehead atoms. The first kappa shape index (κ1) is 8.11. The van der Waals surface area contributed by atoms with Crippen LogP contribution in [0.5, 0.6) is 0 Å². The lowest BCUT2D eigenvalue weighted by Crippen LogP contribution is -2.44. The Morgan fingerprint density at radius 3 is 2.77 bits per heavy atom. The van der Waals surface area contributed by atoms with Gasteiger partial charge in [-0.15, -0.1) is 0 Å². The second-order valence-corrected chi connectivity index (χ2v) is 2.91. The fourth-order valence-corrected chi connectivity index (χ4v) is 1.54. The summed E-state index contributed by atoms with van der Waals surface area (Å²) in [5.41, 5.74) is 0. The lowest BCUT2D eigenvalue weighted by molar-refractivity contribution is 0.171. The number of hydrogen-bond donors (Lipinski definition) is 4. The maximum Gasteiger partial charge on any atom is 0.320 e. The summed E-state index contributed by atoms with van der Waals surface area (Å²) < 4.78 is 0. The van der Waals surface area contributed by atoms with E-state index in [2.05, 4.69) is 16.0 Å². The van der Waals surface area contributed by atoms with Crippen LogP contribution < -0.4 is 16.0 Å².